The Kier molecular flexibility index (Phi) is 3.16. The highest BCUT2D eigenvalue weighted by molar-refractivity contribution is 5.38. The van der Waals surface area contributed by atoms with Crippen molar-refractivity contribution in [1.29, 1.82) is 0 Å². The third-order valence-corrected chi connectivity index (χ3v) is 2.22. The summed E-state index contributed by atoms with van der Waals surface area (Å²) in [5, 5.41) is 11.1. The highest BCUT2D eigenvalue weighted by Gasteiger charge is 2.02. The Bertz CT molecular complexity index is 467. The van der Waals surface area contributed by atoms with Gasteiger partial charge in [-0.15, -0.1) is 5.10 Å². The van der Waals surface area contributed by atoms with E-state index in [-0.39, 0.29) is 0 Å². The van der Waals surface area contributed by atoms with Crippen LogP contribution in [0.1, 0.15) is 5.69 Å². The van der Waals surface area contributed by atoms with Crippen LogP contribution in [0.2, 0.25) is 0 Å². The van der Waals surface area contributed by atoms with Gasteiger partial charge < -0.3 is 10.1 Å². The first-order valence-corrected chi connectivity index (χ1v) is 5.03. The fourth-order valence-electron chi connectivity index (χ4n) is 1.44. The Morgan fingerprint density at radius 2 is 2.31 bits per heavy atom. The first kappa shape index (κ1) is 10.6. The lowest BCUT2D eigenvalue weighted by atomic mass is 10.3. The lowest BCUT2D eigenvalue weighted by Gasteiger charge is -2.02. The Balaban J connectivity index is 2.27. The van der Waals surface area contributed by atoms with Gasteiger partial charge in [0.15, 0.2) is 0 Å². The van der Waals surface area contributed by atoms with Gasteiger partial charge in [0.2, 0.25) is 0 Å². The number of aromatic nitrogens is 3. The molecule has 0 aliphatic rings. The van der Waals surface area contributed by atoms with Crippen molar-refractivity contribution in [1.82, 2.24) is 20.3 Å². The topological polar surface area (TPSA) is 52.0 Å². The van der Waals surface area contributed by atoms with Crippen molar-refractivity contribution in [2.24, 2.45) is 0 Å². The van der Waals surface area contributed by atoms with Gasteiger partial charge in [-0.2, -0.15) is 0 Å². The summed E-state index contributed by atoms with van der Waals surface area (Å²) in [5.74, 6) is 0.808. The summed E-state index contributed by atoms with van der Waals surface area (Å²) in [6.07, 6.45) is 1.89. The minimum Gasteiger partial charge on any atom is -0.497 e. The van der Waals surface area contributed by atoms with Gasteiger partial charge in [0.05, 0.1) is 24.7 Å². The van der Waals surface area contributed by atoms with Crippen LogP contribution in [-0.2, 0) is 6.54 Å². The minimum absolute atomic E-state index is 0.712. The lowest BCUT2D eigenvalue weighted by molar-refractivity contribution is 0.414. The highest BCUT2D eigenvalue weighted by atomic mass is 16.5. The van der Waals surface area contributed by atoms with Crippen LogP contribution in [0.25, 0.3) is 5.69 Å². The number of hydrogen-bond acceptors (Lipinski definition) is 4. The number of hydrogen-bond donors (Lipinski definition) is 1. The maximum Gasteiger partial charge on any atom is 0.121 e. The van der Waals surface area contributed by atoms with Gasteiger partial charge in [0.25, 0.3) is 0 Å². The number of benzene rings is 1. The molecule has 2 rings (SSSR count). The second kappa shape index (κ2) is 4.76. The second-order valence-electron chi connectivity index (χ2n) is 3.39. The first-order chi connectivity index (χ1) is 7.83. The molecule has 0 bridgehead atoms. The van der Waals surface area contributed by atoms with Gasteiger partial charge in [-0.3, -0.25) is 0 Å². The van der Waals surface area contributed by atoms with Crippen molar-refractivity contribution >= 4 is 0 Å². The Hall–Kier alpha value is -1.88. The predicted molar refractivity (Wildman–Crippen MR) is 60.7 cm³/mol. The van der Waals surface area contributed by atoms with Crippen LogP contribution in [0.15, 0.2) is 30.5 Å². The van der Waals surface area contributed by atoms with Crippen molar-refractivity contribution in [3.63, 3.8) is 0 Å². The number of ether oxygens (including phenoxy) is 1. The van der Waals surface area contributed by atoms with Crippen LogP contribution in [0, 0.1) is 0 Å². The van der Waals surface area contributed by atoms with Crippen molar-refractivity contribution in [2.75, 3.05) is 14.2 Å². The summed E-state index contributed by atoms with van der Waals surface area (Å²) in [7, 11) is 3.53. The number of nitrogens with one attached hydrogen (secondary N) is 1. The zero-order valence-corrected chi connectivity index (χ0v) is 9.34. The molecule has 0 saturated heterocycles. The maximum absolute atomic E-state index is 5.16. The van der Waals surface area contributed by atoms with E-state index in [9.17, 15) is 0 Å². The number of methoxy groups -OCH3 is 1. The van der Waals surface area contributed by atoms with Crippen LogP contribution in [0.4, 0.5) is 0 Å². The number of rotatable bonds is 4. The van der Waals surface area contributed by atoms with Crippen molar-refractivity contribution in [3.05, 3.63) is 36.2 Å². The Labute approximate surface area is 94.0 Å². The van der Waals surface area contributed by atoms with Crippen LogP contribution in [0.5, 0.6) is 5.75 Å². The monoisotopic (exact) mass is 218 g/mol. The molecule has 1 aromatic heterocycles. The first-order valence-electron chi connectivity index (χ1n) is 5.03. The maximum atomic E-state index is 5.16. The molecule has 0 unspecified atom stereocenters. The van der Waals surface area contributed by atoms with E-state index in [0.717, 1.165) is 17.1 Å². The molecule has 84 valence electrons. The fourth-order valence-corrected chi connectivity index (χ4v) is 1.44. The molecule has 0 amide bonds. The summed E-state index contributed by atoms with van der Waals surface area (Å²) < 4.78 is 6.89. The molecule has 5 heteroatoms. The minimum atomic E-state index is 0.712. The molecule has 0 spiro atoms. The van der Waals surface area contributed by atoms with Crippen molar-refractivity contribution in [3.8, 4) is 11.4 Å². The average Bonchev–Trinajstić information content (AvgIpc) is 2.78. The van der Waals surface area contributed by atoms with E-state index in [1.807, 2.05) is 37.5 Å². The van der Waals surface area contributed by atoms with E-state index in [0.29, 0.717) is 6.54 Å². The van der Waals surface area contributed by atoms with Crippen molar-refractivity contribution < 1.29 is 4.74 Å². The molecule has 1 heterocycles. The molecular weight excluding hydrogens is 204 g/mol. The smallest absolute Gasteiger partial charge is 0.121 e. The van der Waals surface area contributed by atoms with Gasteiger partial charge in [0, 0.05) is 12.6 Å². The zero-order chi connectivity index (χ0) is 11.4. The SMILES string of the molecule is CNCc1cn(-c2cccc(OC)c2)nn1. The molecular formula is C11H14N4O. The second-order valence-corrected chi connectivity index (χ2v) is 3.39. The van der Waals surface area contributed by atoms with E-state index in [1.54, 1.807) is 11.8 Å². The van der Waals surface area contributed by atoms with Crippen LogP contribution in [0.3, 0.4) is 0 Å². The average molecular weight is 218 g/mol. The third-order valence-electron chi connectivity index (χ3n) is 2.22. The summed E-state index contributed by atoms with van der Waals surface area (Å²) in [6, 6.07) is 7.70. The molecule has 1 N–H and O–H groups in total. The van der Waals surface area contributed by atoms with E-state index >= 15 is 0 Å². The van der Waals surface area contributed by atoms with E-state index in [2.05, 4.69) is 15.6 Å². The summed E-state index contributed by atoms with van der Waals surface area (Å²) in [5.41, 5.74) is 1.85. The molecule has 0 saturated carbocycles. The lowest BCUT2D eigenvalue weighted by Crippen LogP contribution is -2.04. The molecule has 16 heavy (non-hydrogen) atoms. The molecule has 0 aliphatic carbocycles. The molecule has 0 fully saturated rings. The standard InChI is InChI=1S/C11H14N4O/c1-12-7-9-8-15(14-13-9)10-4-3-5-11(6-10)16-2/h3-6,8,12H,7H2,1-2H3. The Morgan fingerprint density at radius 1 is 1.44 bits per heavy atom. The summed E-state index contributed by atoms with van der Waals surface area (Å²) >= 11 is 0. The molecule has 0 radical (unpaired) electrons. The predicted octanol–water partition coefficient (Wildman–Crippen LogP) is 0.995. The van der Waals surface area contributed by atoms with Gasteiger partial charge in [-0.25, -0.2) is 4.68 Å². The quantitative estimate of drug-likeness (QED) is 0.831. The van der Waals surface area contributed by atoms with E-state index < -0.39 is 0 Å². The summed E-state index contributed by atoms with van der Waals surface area (Å²) in [4.78, 5) is 0. The fraction of sp³-hybridized carbons (Fsp3) is 0.273. The Morgan fingerprint density at radius 3 is 3.06 bits per heavy atom. The van der Waals surface area contributed by atoms with Gasteiger partial charge >= 0.3 is 0 Å². The number of nitrogens with zero attached hydrogens (tertiary/aromatic N) is 3. The van der Waals surface area contributed by atoms with Gasteiger partial charge in [0.1, 0.15) is 5.75 Å². The van der Waals surface area contributed by atoms with Crippen LogP contribution in [-0.4, -0.2) is 29.2 Å². The largest absolute Gasteiger partial charge is 0.497 e. The molecule has 2 aromatic rings. The molecule has 5 nitrogen and oxygen atoms in total. The third kappa shape index (κ3) is 2.20. The van der Waals surface area contributed by atoms with Gasteiger partial charge in [-0.1, -0.05) is 11.3 Å². The van der Waals surface area contributed by atoms with E-state index in [4.69, 9.17) is 4.74 Å². The normalized spacial score (nSPS) is 10.4. The molecule has 0 atom stereocenters. The zero-order valence-electron chi connectivity index (χ0n) is 9.34. The van der Waals surface area contributed by atoms with Crippen LogP contribution < -0.4 is 10.1 Å². The molecule has 1 aromatic carbocycles. The van der Waals surface area contributed by atoms with E-state index in [1.165, 1.54) is 0 Å². The van der Waals surface area contributed by atoms with Crippen LogP contribution >= 0.6 is 0 Å². The highest BCUT2D eigenvalue weighted by Crippen LogP contribution is 2.15. The van der Waals surface area contributed by atoms with Crippen molar-refractivity contribution in [2.45, 2.75) is 6.54 Å². The summed E-state index contributed by atoms with van der Waals surface area (Å²) in [6.45, 7) is 0.712. The van der Waals surface area contributed by atoms with Gasteiger partial charge in [-0.05, 0) is 19.2 Å². The molecule has 0 aliphatic heterocycles.